The molecule has 4 bridgehead atoms. The van der Waals surface area contributed by atoms with Crippen LogP contribution in [0.3, 0.4) is 0 Å². The largest absolute Gasteiger partial charge is 0.495 e. The molecule has 5 amide bonds. The number of carbonyl (C=O) groups excluding carboxylic acids is 8. The van der Waals surface area contributed by atoms with E-state index in [4.69, 9.17) is 41.0 Å². The van der Waals surface area contributed by atoms with Crippen molar-refractivity contribution in [3.63, 3.8) is 0 Å². The Hall–Kier alpha value is -6.22. The van der Waals surface area contributed by atoms with Crippen molar-refractivity contribution in [1.82, 2.24) is 10.6 Å². The molecule has 0 aromatic heterocycles. The molecule has 3 aliphatic heterocycles. The summed E-state index contributed by atoms with van der Waals surface area (Å²) in [7, 11) is 4.40. The highest BCUT2D eigenvalue weighted by Crippen LogP contribution is 2.50. The number of esters is 1. The third kappa shape index (κ3) is 17.4. The number of hydrogen-bond donors (Lipinski definition) is 5. The minimum Gasteiger partial charge on any atom is -0.495 e. The molecule has 0 unspecified atom stereocenters. The molecule has 21 heteroatoms. The number of carbonyl (C=O) groups is 8. The van der Waals surface area contributed by atoms with Crippen LogP contribution in [0.4, 0.5) is 25.4 Å². The highest BCUT2D eigenvalue weighted by molar-refractivity contribution is 6.35. The number of rotatable bonds is 24. The maximum Gasteiger partial charge on any atom is 0.412 e. The van der Waals surface area contributed by atoms with Gasteiger partial charge in [0.25, 0.3) is 0 Å². The Labute approximate surface area is 485 Å². The van der Waals surface area contributed by atoms with E-state index in [2.05, 4.69) is 16.0 Å². The van der Waals surface area contributed by atoms with Crippen LogP contribution < -0.4 is 31.3 Å². The smallest absolute Gasteiger partial charge is 0.412 e. The number of urea groups is 1. The van der Waals surface area contributed by atoms with E-state index in [1.165, 1.54) is 38.3 Å². The first-order valence-electron chi connectivity index (χ1n) is 28.6. The SMILES string of the molecule is COc1cc2cc(c1Cl)N(C)C(=O)C[C@H](OC(=O)Nc1ccc(CC(=O)[C@H](CCCNC(N)=O)NC(=O)[C@@H](CC(=O)CCCCCCC(=O)C3CCC3)C(C)C)cc1F)[C@]1(C)O[C@H]1[C@H](C)[C@@H]1C[C@@](O)(CC(=O)O1)[C@H](OC)/C=C/C=C(\C)C2. The van der Waals surface area contributed by atoms with Crippen LogP contribution in [0.1, 0.15) is 142 Å². The van der Waals surface area contributed by atoms with E-state index in [0.29, 0.717) is 36.5 Å². The molecule has 82 heavy (non-hydrogen) atoms. The third-order valence-electron chi connectivity index (χ3n) is 16.6. The minimum absolute atomic E-state index is 0.0243. The third-order valence-corrected chi connectivity index (χ3v) is 16.9. The number of fused-ring (bicyclic) bond motifs is 5. The molecule has 6 rings (SSSR count). The molecule has 1 saturated carbocycles. The molecule has 0 radical (unpaired) electrons. The van der Waals surface area contributed by atoms with Crippen LogP contribution in [-0.4, -0.2) is 122 Å². The van der Waals surface area contributed by atoms with Gasteiger partial charge < -0.3 is 50.1 Å². The van der Waals surface area contributed by atoms with E-state index in [1.54, 1.807) is 38.1 Å². The van der Waals surface area contributed by atoms with Gasteiger partial charge in [-0.1, -0.05) is 81.5 Å². The number of hydrogen-bond acceptors (Lipinski definition) is 14. The topological polar surface area (TPSA) is 272 Å². The molecular formula is C61H83ClFN5O14. The lowest BCUT2D eigenvalue weighted by atomic mass is 9.78. The number of ether oxygens (including phenoxy) is 5. The zero-order valence-corrected chi connectivity index (χ0v) is 49.3. The number of Topliss-reactive ketones (excluding diaryl/α,β-unsaturated/α-hetero) is 3. The monoisotopic (exact) mass is 1160 g/mol. The number of nitrogens with zero attached hydrogens (tertiary/aromatic N) is 1. The number of anilines is 2. The summed E-state index contributed by atoms with van der Waals surface area (Å²) in [6.45, 7) is 9.04. The highest BCUT2D eigenvalue weighted by Gasteiger charge is 2.64. The van der Waals surface area contributed by atoms with Crippen LogP contribution in [-0.2, 0) is 60.6 Å². The fourth-order valence-electron chi connectivity index (χ4n) is 11.2. The Morgan fingerprint density at radius 2 is 1.73 bits per heavy atom. The second-order valence-electron chi connectivity index (χ2n) is 23.2. The van der Waals surface area contributed by atoms with E-state index >= 15 is 4.39 Å². The van der Waals surface area contributed by atoms with Crippen LogP contribution in [0, 0.1) is 29.5 Å². The van der Waals surface area contributed by atoms with Crippen molar-refractivity contribution in [3.8, 4) is 5.75 Å². The number of halogens is 2. The maximum atomic E-state index is 16.1. The number of epoxide rings is 1. The summed E-state index contributed by atoms with van der Waals surface area (Å²) in [6, 6.07) is 5.37. The average molecular weight is 1160 g/mol. The molecule has 3 fully saturated rings. The lowest BCUT2D eigenvalue weighted by molar-refractivity contribution is -0.187. The van der Waals surface area contributed by atoms with Gasteiger partial charge in [0.15, 0.2) is 5.78 Å². The van der Waals surface area contributed by atoms with Gasteiger partial charge in [-0.05, 0) is 100 Å². The quantitative estimate of drug-likeness (QED) is 0.0374. The van der Waals surface area contributed by atoms with Gasteiger partial charge in [-0.2, -0.15) is 0 Å². The van der Waals surface area contributed by atoms with Crippen molar-refractivity contribution in [2.75, 3.05) is 38.0 Å². The zero-order valence-electron chi connectivity index (χ0n) is 48.6. The van der Waals surface area contributed by atoms with E-state index in [0.717, 1.165) is 55.7 Å². The fourth-order valence-corrected chi connectivity index (χ4v) is 11.5. The molecule has 0 spiro atoms. The van der Waals surface area contributed by atoms with Gasteiger partial charge >= 0.3 is 18.1 Å². The van der Waals surface area contributed by atoms with E-state index < -0.39 is 101 Å². The molecule has 1 aliphatic carbocycles. The summed E-state index contributed by atoms with van der Waals surface area (Å²) in [5.41, 5.74) is 4.03. The molecule has 4 aliphatic rings. The molecule has 3 heterocycles. The summed E-state index contributed by atoms with van der Waals surface area (Å²) in [4.78, 5) is 107. The van der Waals surface area contributed by atoms with Crippen LogP contribution in [0.2, 0.25) is 5.02 Å². The number of unbranched alkanes of at least 4 members (excludes halogenated alkanes) is 3. The van der Waals surface area contributed by atoms with E-state index in [9.17, 15) is 43.5 Å². The number of aliphatic hydroxyl groups is 1. The molecule has 19 nitrogen and oxygen atoms in total. The first kappa shape index (κ1) is 64.9. The normalized spacial score (nSPS) is 25.7. The Balaban J connectivity index is 1.15. The molecule has 450 valence electrons. The van der Waals surface area contributed by atoms with Crippen molar-refractivity contribution in [1.29, 1.82) is 0 Å². The Morgan fingerprint density at radius 1 is 1.01 bits per heavy atom. The van der Waals surface area contributed by atoms with Crippen LogP contribution in [0.25, 0.3) is 0 Å². The van der Waals surface area contributed by atoms with Crippen molar-refractivity contribution in [3.05, 3.63) is 76.1 Å². The summed E-state index contributed by atoms with van der Waals surface area (Å²) < 4.78 is 45.5. The number of methoxy groups -OCH3 is 2. The van der Waals surface area contributed by atoms with Crippen LogP contribution in [0.5, 0.6) is 5.75 Å². The van der Waals surface area contributed by atoms with Gasteiger partial charge in [0.05, 0.1) is 43.5 Å². The lowest BCUT2D eigenvalue weighted by Gasteiger charge is -2.41. The summed E-state index contributed by atoms with van der Waals surface area (Å²) in [5.74, 6) is -3.93. The number of benzene rings is 2. The molecule has 9 atom stereocenters. The van der Waals surface area contributed by atoms with Gasteiger partial charge in [0.1, 0.15) is 57.7 Å². The van der Waals surface area contributed by atoms with Crippen molar-refractivity contribution >= 4 is 70.2 Å². The number of nitrogens with one attached hydrogen (secondary N) is 3. The number of ketones is 3. The van der Waals surface area contributed by atoms with Gasteiger partial charge in [-0.3, -0.25) is 34.1 Å². The Morgan fingerprint density at radius 3 is 2.38 bits per heavy atom. The molecule has 6 N–H and O–H groups in total. The first-order chi connectivity index (χ1) is 38.9. The number of primary amides is 1. The molecule has 2 aromatic carbocycles. The summed E-state index contributed by atoms with van der Waals surface area (Å²) in [5, 5.41) is 19.9. The predicted octanol–water partition coefficient (Wildman–Crippen LogP) is 8.75. The predicted molar refractivity (Wildman–Crippen MR) is 306 cm³/mol. The van der Waals surface area contributed by atoms with Gasteiger partial charge in [0, 0.05) is 70.6 Å². The standard InChI is InChI=1S/C61H83ClFN5O14/c1-35(2)42(31-41(69)19-11-9-10-12-21-47(70)40-17-14-18-40)57(74)66-45(20-15-25-65-58(64)75)48(71)29-38-23-24-44(43(63)27-38)67-59(76)81-52-32-53(72)68(6)46-28-39(30-49(78-7)55(46)62)26-36(3)16-13-22-51(79-8)61(77)33-50(80-54(73)34-61)37(4)56-60(52,5)82-56/h13,16,22-24,27-28,30,35,37,40,42,45,50-52,56,77H,9-12,14-15,17-21,25-26,29,31-34H2,1-8H3,(H,66,74)(H,67,76)(H3,64,65,75)/b22-13+,36-16+/t37-,42+,45+,50+,51-,52+,56+,60+,61-/m1/s1. The van der Waals surface area contributed by atoms with Gasteiger partial charge in [-0.15, -0.1) is 0 Å². The summed E-state index contributed by atoms with van der Waals surface area (Å²) in [6.07, 6.45) is 6.75. The van der Waals surface area contributed by atoms with Gasteiger partial charge in [-0.25, -0.2) is 14.0 Å². The van der Waals surface area contributed by atoms with Crippen LogP contribution >= 0.6 is 11.6 Å². The Bertz CT molecular complexity index is 2730. The number of allylic oxidation sites excluding steroid dienone is 3. The molecular weight excluding hydrogens is 1080 g/mol. The average Bonchev–Trinajstić information content (AvgIpc) is 1.95. The van der Waals surface area contributed by atoms with Crippen molar-refractivity contribution in [2.45, 2.75) is 185 Å². The highest BCUT2D eigenvalue weighted by atomic mass is 35.5. The maximum absolute atomic E-state index is 16.1. The number of amides is 5. The zero-order chi connectivity index (χ0) is 60.1. The van der Waals surface area contributed by atoms with Gasteiger partial charge in [0.2, 0.25) is 11.8 Å². The minimum atomic E-state index is -1.67. The summed E-state index contributed by atoms with van der Waals surface area (Å²) >= 11 is 6.82. The van der Waals surface area contributed by atoms with E-state index in [-0.39, 0.29) is 85.4 Å². The van der Waals surface area contributed by atoms with Crippen LogP contribution in [0.15, 0.2) is 54.1 Å². The van der Waals surface area contributed by atoms with Crippen molar-refractivity contribution in [2.24, 2.45) is 29.4 Å². The van der Waals surface area contributed by atoms with Crippen molar-refractivity contribution < 1.29 is 71.5 Å². The second-order valence-corrected chi connectivity index (χ2v) is 23.6. The molecule has 2 aromatic rings. The second kappa shape index (κ2) is 29.3. The Kier molecular flexibility index (Phi) is 23.2. The first-order valence-corrected chi connectivity index (χ1v) is 29.0. The lowest BCUT2D eigenvalue weighted by Crippen LogP contribution is -2.53. The van der Waals surface area contributed by atoms with E-state index in [1.807, 2.05) is 26.8 Å². The number of nitrogens with two attached hydrogens (primary N) is 1. The molecule has 2 saturated heterocycles. The fraction of sp³-hybridized carbons (Fsp3) is 0.607.